The van der Waals surface area contributed by atoms with E-state index in [1.54, 1.807) is 10.9 Å². The molecule has 1 fully saturated rings. The minimum Gasteiger partial charge on any atom is -0.321 e. The summed E-state index contributed by atoms with van der Waals surface area (Å²) in [7, 11) is 1.82. The second-order valence-corrected chi connectivity index (χ2v) is 3.49. The summed E-state index contributed by atoms with van der Waals surface area (Å²) in [6.07, 6.45) is 3.81. The normalized spacial score (nSPS) is 20.3. The van der Waals surface area contributed by atoms with E-state index in [9.17, 15) is 0 Å². The Morgan fingerprint density at radius 2 is 2.36 bits per heavy atom. The van der Waals surface area contributed by atoms with Gasteiger partial charge in [0.25, 0.3) is 0 Å². The largest absolute Gasteiger partial charge is 0.321 e. The van der Waals surface area contributed by atoms with Gasteiger partial charge >= 0.3 is 0 Å². The van der Waals surface area contributed by atoms with Crippen molar-refractivity contribution in [1.29, 1.82) is 0 Å². The SMILES string of the molecule is Cn1ncc(C2(N)CC2)c1Cl. The van der Waals surface area contributed by atoms with Crippen LogP contribution < -0.4 is 5.73 Å². The molecule has 0 radical (unpaired) electrons. The van der Waals surface area contributed by atoms with Crippen LogP contribution in [0, 0.1) is 0 Å². The van der Waals surface area contributed by atoms with E-state index in [-0.39, 0.29) is 5.54 Å². The number of halogens is 1. The highest BCUT2D eigenvalue weighted by atomic mass is 35.5. The standard InChI is InChI=1S/C7H10ClN3/c1-11-6(8)5(4-10-11)7(9)2-3-7/h4H,2-3,9H2,1H3. The van der Waals surface area contributed by atoms with Crippen LogP contribution in [0.15, 0.2) is 6.20 Å². The molecule has 0 amide bonds. The lowest BCUT2D eigenvalue weighted by atomic mass is 10.1. The predicted molar refractivity (Wildman–Crippen MR) is 43.3 cm³/mol. The second-order valence-electron chi connectivity index (χ2n) is 3.13. The first-order valence-corrected chi connectivity index (χ1v) is 3.98. The zero-order valence-corrected chi connectivity index (χ0v) is 7.10. The van der Waals surface area contributed by atoms with Crippen molar-refractivity contribution in [3.63, 3.8) is 0 Å². The first-order valence-electron chi connectivity index (χ1n) is 3.60. The van der Waals surface area contributed by atoms with E-state index in [0.717, 1.165) is 18.4 Å². The molecule has 0 saturated heterocycles. The van der Waals surface area contributed by atoms with Gasteiger partial charge in [-0.25, -0.2) is 0 Å². The average molecular weight is 172 g/mol. The molecule has 2 N–H and O–H groups in total. The molecule has 1 heterocycles. The Labute approximate surface area is 70.1 Å². The highest BCUT2D eigenvalue weighted by Gasteiger charge is 2.42. The van der Waals surface area contributed by atoms with E-state index in [1.165, 1.54) is 0 Å². The van der Waals surface area contributed by atoms with Gasteiger partial charge in [0.05, 0.1) is 6.20 Å². The Balaban J connectivity index is 2.45. The maximum absolute atomic E-state index is 5.95. The zero-order chi connectivity index (χ0) is 8.06. The Morgan fingerprint density at radius 3 is 2.73 bits per heavy atom. The molecule has 1 saturated carbocycles. The Bertz CT molecular complexity index is 288. The fraction of sp³-hybridized carbons (Fsp3) is 0.571. The van der Waals surface area contributed by atoms with E-state index in [1.807, 2.05) is 7.05 Å². The van der Waals surface area contributed by atoms with Crippen molar-refractivity contribution in [2.45, 2.75) is 18.4 Å². The van der Waals surface area contributed by atoms with Crippen molar-refractivity contribution in [2.75, 3.05) is 0 Å². The smallest absolute Gasteiger partial charge is 0.131 e. The van der Waals surface area contributed by atoms with Crippen LogP contribution in [0.3, 0.4) is 0 Å². The minimum atomic E-state index is -0.161. The fourth-order valence-corrected chi connectivity index (χ4v) is 1.44. The predicted octanol–water partition coefficient (Wildman–Crippen LogP) is 1.02. The van der Waals surface area contributed by atoms with Gasteiger partial charge in [-0.3, -0.25) is 4.68 Å². The van der Waals surface area contributed by atoms with Crippen molar-refractivity contribution >= 4 is 11.6 Å². The van der Waals surface area contributed by atoms with Crippen molar-refractivity contribution < 1.29 is 0 Å². The van der Waals surface area contributed by atoms with Gasteiger partial charge in [-0.15, -0.1) is 0 Å². The van der Waals surface area contributed by atoms with Gasteiger partial charge < -0.3 is 5.73 Å². The van der Waals surface area contributed by atoms with Crippen LogP contribution >= 0.6 is 11.6 Å². The summed E-state index contributed by atoms with van der Waals surface area (Å²) in [6.45, 7) is 0. The number of rotatable bonds is 1. The lowest BCUT2D eigenvalue weighted by Gasteiger charge is -2.04. The molecule has 2 rings (SSSR count). The molecule has 0 spiro atoms. The van der Waals surface area contributed by atoms with E-state index in [0.29, 0.717) is 5.15 Å². The molecule has 60 valence electrons. The Morgan fingerprint density at radius 1 is 1.73 bits per heavy atom. The van der Waals surface area contributed by atoms with Gasteiger partial charge in [0.15, 0.2) is 0 Å². The molecule has 1 aromatic rings. The quantitative estimate of drug-likeness (QED) is 0.686. The van der Waals surface area contributed by atoms with Gasteiger partial charge in [0.2, 0.25) is 0 Å². The maximum atomic E-state index is 5.95. The summed E-state index contributed by atoms with van der Waals surface area (Å²) in [4.78, 5) is 0. The molecular weight excluding hydrogens is 162 g/mol. The number of nitrogens with two attached hydrogens (primary N) is 1. The Hall–Kier alpha value is -0.540. The van der Waals surface area contributed by atoms with Gasteiger partial charge in [0, 0.05) is 18.2 Å². The van der Waals surface area contributed by atoms with E-state index in [2.05, 4.69) is 5.10 Å². The molecule has 1 aliphatic rings. The minimum absolute atomic E-state index is 0.161. The van der Waals surface area contributed by atoms with Gasteiger partial charge in [-0.05, 0) is 12.8 Å². The summed E-state index contributed by atoms with van der Waals surface area (Å²) in [6, 6.07) is 0. The second kappa shape index (κ2) is 1.99. The lowest BCUT2D eigenvalue weighted by Crippen LogP contribution is -2.18. The number of aryl methyl sites for hydroxylation is 1. The summed E-state index contributed by atoms with van der Waals surface area (Å²) in [5, 5.41) is 4.70. The molecule has 3 nitrogen and oxygen atoms in total. The summed E-state index contributed by atoms with van der Waals surface area (Å²) < 4.78 is 1.64. The molecule has 0 unspecified atom stereocenters. The number of aromatic nitrogens is 2. The van der Waals surface area contributed by atoms with E-state index in [4.69, 9.17) is 17.3 Å². The first kappa shape index (κ1) is 7.13. The summed E-state index contributed by atoms with van der Waals surface area (Å²) in [5.74, 6) is 0. The van der Waals surface area contributed by atoms with Crippen LogP contribution in [-0.4, -0.2) is 9.78 Å². The molecule has 4 heteroatoms. The topological polar surface area (TPSA) is 43.8 Å². The first-order chi connectivity index (χ1) is 5.13. The molecule has 0 atom stereocenters. The van der Waals surface area contributed by atoms with Gasteiger partial charge in [-0.1, -0.05) is 11.6 Å². The zero-order valence-electron chi connectivity index (χ0n) is 6.34. The van der Waals surface area contributed by atoms with Crippen LogP contribution in [0.2, 0.25) is 5.15 Å². The molecule has 0 aliphatic heterocycles. The highest BCUT2D eigenvalue weighted by Crippen LogP contribution is 2.45. The third-order valence-corrected chi connectivity index (χ3v) is 2.64. The lowest BCUT2D eigenvalue weighted by molar-refractivity contribution is 0.732. The van der Waals surface area contributed by atoms with Crippen molar-refractivity contribution in [2.24, 2.45) is 12.8 Å². The third-order valence-electron chi connectivity index (χ3n) is 2.19. The fourth-order valence-electron chi connectivity index (χ4n) is 1.16. The van der Waals surface area contributed by atoms with Crippen LogP contribution in [-0.2, 0) is 12.6 Å². The number of hydrogen-bond donors (Lipinski definition) is 1. The maximum Gasteiger partial charge on any atom is 0.131 e. The van der Waals surface area contributed by atoms with Gasteiger partial charge in [0.1, 0.15) is 5.15 Å². The molecule has 0 bridgehead atoms. The van der Waals surface area contributed by atoms with Crippen molar-refractivity contribution in [1.82, 2.24) is 9.78 Å². The molecule has 11 heavy (non-hydrogen) atoms. The van der Waals surface area contributed by atoms with Crippen LogP contribution in [0.25, 0.3) is 0 Å². The molecular formula is C7H10ClN3. The summed E-state index contributed by atoms with van der Waals surface area (Å²) in [5.41, 5.74) is 6.77. The van der Waals surface area contributed by atoms with Crippen LogP contribution in [0.1, 0.15) is 18.4 Å². The molecule has 0 aromatic carbocycles. The van der Waals surface area contributed by atoms with E-state index >= 15 is 0 Å². The van der Waals surface area contributed by atoms with Gasteiger partial charge in [-0.2, -0.15) is 5.10 Å². The van der Waals surface area contributed by atoms with Crippen molar-refractivity contribution in [3.8, 4) is 0 Å². The monoisotopic (exact) mass is 171 g/mol. The third kappa shape index (κ3) is 0.957. The van der Waals surface area contributed by atoms with E-state index < -0.39 is 0 Å². The van der Waals surface area contributed by atoms with Crippen LogP contribution in [0.5, 0.6) is 0 Å². The Kier molecular flexibility index (Phi) is 1.29. The summed E-state index contributed by atoms with van der Waals surface area (Å²) >= 11 is 5.95. The van der Waals surface area contributed by atoms with Crippen LogP contribution in [0.4, 0.5) is 0 Å². The number of hydrogen-bond acceptors (Lipinski definition) is 2. The highest BCUT2D eigenvalue weighted by molar-refractivity contribution is 6.30. The average Bonchev–Trinajstić information content (AvgIpc) is 2.60. The molecule has 1 aliphatic carbocycles. The number of nitrogens with zero attached hydrogens (tertiary/aromatic N) is 2. The van der Waals surface area contributed by atoms with Crippen molar-refractivity contribution in [3.05, 3.63) is 16.9 Å². The molecule has 1 aromatic heterocycles.